The maximum atomic E-state index is 2.35. The third kappa shape index (κ3) is 2.93. The van der Waals surface area contributed by atoms with Crippen molar-refractivity contribution in [2.45, 2.75) is 52.4 Å². The minimum Gasteiger partial charge on any atom is -0.0654 e. The van der Waals surface area contributed by atoms with Crippen LogP contribution in [0.5, 0.6) is 0 Å². The summed E-state index contributed by atoms with van der Waals surface area (Å²) in [4.78, 5) is 0. The van der Waals surface area contributed by atoms with Gasteiger partial charge in [0.05, 0.1) is 0 Å². The van der Waals surface area contributed by atoms with Crippen LogP contribution in [0.4, 0.5) is 0 Å². The Hall–Kier alpha value is -1.30. The highest BCUT2D eigenvalue weighted by atomic mass is 14.1. The second kappa shape index (κ2) is 6.04. The molecule has 0 amide bonds. The summed E-state index contributed by atoms with van der Waals surface area (Å²) in [5.41, 5.74) is 5.79. The van der Waals surface area contributed by atoms with Crippen LogP contribution < -0.4 is 0 Å². The molecule has 0 saturated carbocycles. The molecule has 0 bridgehead atoms. The van der Waals surface area contributed by atoms with Crippen LogP contribution in [0.15, 0.2) is 36.4 Å². The predicted molar refractivity (Wildman–Crippen MR) is 80.4 cm³/mol. The fourth-order valence-corrected chi connectivity index (χ4v) is 2.51. The van der Waals surface area contributed by atoms with Gasteiger partial charge in [-0.25, -0.2) is 0 Å². The first kappa shape index (κ1) is 13.1. The summed E-state index contributed by atoms with van der Waals surface area (Å²) >= 11 is 0. The van der Waals surface area contributed by atoms with E-state index in [1.165, 1.54) is 47.9 Å². The molecule has 96 valence electrons. The maximum Gasteiger partial charge on any atom is -0.0152 e. The minimum absolute atomic E-state index is 0.596. The number of hydrogen-bond donors (Lipinski definition) is 0. The molecule has 0 fully saturated rings. The van der Waals surface area contributed by atoms with Crippen molar-refractivity contribution < 1.29 is 0 Å². The molecular formula is C18H24. The normalized spacial score (nSPS) is 11.3. The van der Waals surface area contributed by atoms with E-state index in [2.05, 4.69) is 57.2 Å². The van der Waals surface area contributed by atoms with Crippen molar-refractivity contribution in [3.05, 3.63) is 47.5 Å². The van der Waals surface area contributed by atoms with Crippen LogP contribution in [-0.4, -0.2) is 0 Å². The SMILES string of the molecule is CCCCCc1ccc2cc(C(C)C)cccc1-2. The zero-order chi connectivity index (χ0) is 13.0. The van der Waals surface area contributed by atoms with Crippen molar-refractivity contribution in [3.63, 3.8) is 0 Å². The first-order valence-corrected chi connectivity index (χ1v) is 7.24. The Bertz CT molecular complexity index is 468. The monoisotopic (exact) mass is 240 g/mol. The van der Waals surface area contributed by atoms with E-state index in [9.17, 15) is 0 Å². The Morgan fingerprint density at radius 2 is 1.83 bits per heavy atom. The Morgan fingerprint density at radius 1 is 1.00 bits per heavy atom. The van der Waals surface area contributed by atoms with Gasteiger partial charge in [-0.15, -0.1) is 0 Å². The van der Waals surface area contributed by atoms with Gasteiger partial charge in [0, 0.05) is 0 Å². The van der Waals surface area contributed by atoms with Gasteiger partial charge in [-0.2, -0.15) is 0 Å². The Balaban J connectivity index is 2.24. The molecule has 0 unspecified atom stereocenters. The van der Waals surface area contributed by atoms with Crippen LogP contribution in [0, 0.1) is 0 Å². The second-order valence-corrected chi connectivity index (χ2v) is 5.51. The number of aryl methyl sites for hydroxylation is 1. The first-order valence-electron chi connectivity index (χ1n) is 7.24. The van der Waals surface area contributed by atoms with E-state index < -0.39 is 0 Å². The lowest BCUT2D eigenvalue weighted by Gasteiger charge is -2.03. The van der Waals surface area contributed by atoms with E-state index >= 15 is 0 Å². The van der Waals surface area contributed by atoms with Gasteiger partial charge in [0.15, 0.2) is 0 Å². The largest absolute Gasteiger partial charge is 0.0654 e. The molecule has 0 nitrogen and oxygen atoms in total. The van der Waals surface area contributed by atoms with Crippen LogP contribution in [-0.2, 0) is 6.42 Å². The molecule has 0 spiro atoms. The van der Waals surface area contributed by atoms with Crippen molar-refractivity contribution in [2.24, 2.45) is 0 Å². The van der Waals surface area contributed by atoms with Crippen LogP contribution in [0.1, 0.15) is 57.1 Å². The summed E-state index contributed by atoms with van der Waals surface area (Å²) in [7, 11) is 0. The summed E-state index contributed by atoms with van der Waals surface area (Å²) in [5, 5.41) is 0. The van der Waals surface area contributed by atoms with Crippen molar-refractivity contribution in [1.82, 2.24) is 0 Å². The fourth-order valence-electron chi connectivity index (χ4n) is 2.51. The van der Waals surface area contributed by atoms with Gasteiger partial charge >= 0.3 is 0 Å². The summed E-state index contributed by atoms with van der Waals surface area (Å²) in [6, 6.07) is 13.7. The van der Waals surface area contributed by atoms with Crippen molar-refractivity contribution in [1.29, 1.82) is 0 Å². The minimum atomic E-state index is 0.596. The number of fused-ring (bicyclic) bond motifs is 1. The molecule has 2 aliphatic carbocycles. The smallest absolute Gasteiger partial charge is 0.0152 e. The zero-order valence-corrected chi connectivity index (χ0v) is 11.9. The van der Waals surface area contributed by atoms with E-state index in [0.29, 0.717) is 5.92 Å². The average Bonchev–Trinajstić information content (AvgIpc) is 2.60. The van der Waals surface area contributed by atoms with Crippen molar-refractivity contribution in [2.75, 3.05) is 0 Å². The summed E-state index contributed by atoms with van der Waals surface area (Å²) in [6.07, 6.45) is 5.16. The molecule has 0 saturated heterocycles. The molecule has 0 heterocycles. The highest BCUT2D eigenvalue weighted by Crippen LogP contribution is 2.30. The number of hydrogen-bond acceptors (Lipinski definition) is 0. The molecule has 0 heteroatoms. The molecule has 0 aliphatic heterocycles. The standard InChI is InChI=1S/C18H24/c1-4-5-6-8-15-11-12-17-13-16(14(2)3)9-7-10-18(15)17/h7,9-14H,4-6,8H2,1-3H3. The third-order valence-electron chi connectivity index (χ3n) is 3.71. The van der Waals surface area contributed by atoms with Crippen LogP contribution in [0.25, 0.3) is 11.1 Å². The van der Waals surface area contributed by atoms with Gasteiger partial charge in [0.2, 0.25) is 0 Å². The first-order chi connectivity index (χ1) is 8.72. The molecule has 0 aromatic rings. The van der Waals surface area contributed by atoms with Crippen molar-refractivity contribution in [3.8, 4) is 11.1 Å². The molecule has 0 N–H and O–H groups in total. The highest BCUT2D eigenvalue weighted by molar-refractivity contribution is 5.71. The molecular weight excluding hydrogens is 216 g/mol. The second-order valence-electron chi connectivity index (χ2n) is 5.51. The third-order valence-corrected chi connectivity index (χ3v) is 3.71. The molecule has 18 heavy (non-hydrogen) atoms. The lowest BCUT2D eigenvalue weighted by Crippen LogP contribution is -1.85. The molecule has 0 aromatic heterocycles. The van der Waals surface area contributed by atoms with E-state index in [0.717, 1.165) is 0 Å². The zero-order valence-electron chi connectivity index (χ0n) is 11.9. The lowest BCUT2D eigenvalue weighted by molar-refractivity contribution is 0.719. The number of unbranched alkanes of at least 4 members (excludes halogenated alkanes) is 2. The molecule has 0 aromatic carbocycles. The summed E-state index contributed by atoms with van der Waals surface area (Å²) < 4.78 is 0. The van der Waals surface area contributed by atoms with Gasteiger partial charge in [0.25, 0.3) is 0 Å². The van der Waals surface area contributed by atoms with E-state index in [1.807, 2.05) is 0 Å². The molecule has 0 atom stereocenters. The summed E-state index contributed by atoms with van der Waals surface area (Å²) in [6.45, 7) is 6.77. The summed E-state index contributed by atoms with van der Waals surface area (Å²) in [5.74, 6) is 0.596. The van der Waals surface area contributed by atoms with E-state index in [-0.39, 0.29) is 0 Å². The van der Waals surface area contributed by atoms with Gasteiger partial charge in [-0.3, -0.25) is 0 Å². The lowest BCUT2D eigenvalue weighted by atomic mass is 10.0. The van der Waals surface area contributed by atoms with Crippen LogP contribution >= 0.6 is 0 Å². The predicted octanol–water partition coefficient (Wildman–Crippen LogP) is 5.65. The quantitative estimate of drug-likeness (QED) is 0.593. The highest BCUT2D eigenvalue weighted by Gasteiger charge is 2.09. The van der Waals surface area contributed by atoms with Gasteiger partial charge in [-0.05, 0) is 41.0 Å². The van der Waals surface area contributed by atoms with E-state index in [4.69, 9.17) is 0 Å². The maximum absolute atomic E-state index is 2.35. The Morgan fingerprint density at radius 3 is 2.56 bits per heavy atom. The Kier molecular flexibility index (Phi) is 4.41. The Labute approximate surface area is 111 Å². The fraction of sp³-hybridized carbons (Fsp3) is 0.444. The topological polar surface area (TPSA) is 0 Å². The van der Waals surface area contributed by atoms with Gasteiger partial charge in [-0.1, -0.05) is 70.0 Å². The average molecular weight is 240 g/mol. The molecule has 2 aliphatic rings. The molecule has 2 rings (SSSR count). The van der Waals surface area contributed by atoms with Gasteiger partial charge in [0.1, 0.15) is 0 Å². The van der Waals surface area contributed by atoms with E-state index in [1.54, 1.807) is 0 Å². The van der Waals surface area contributed by atoms with Crippen LogP contribution in [0.3, 0.4) is 0 Å². The van der Waals surface area contributed by atoms with Crippen molar-refractivity contribution >= 4 is 0 Å². The van der Waals surface area contributed by atoms with Gasteiger partial charge < -0.3 is 0 Å². The molecule has 0 radical (unpaired) electrons. The van der Waals surface area contributed by atoms with Crippen LogP contribution in [0.2, 0.25) is 0 Å². The number of rotatable bonds is 5.